The van der Waals surface area contributed by atoms with Gasteiger partial charge in [-0.05, 0) is 22.4 Å². The molecule has 1 aliphatic rings. The van der Waals surface area contributed by atoms with E-state index in [1.165, 1.54) is 11.9 Å². The number of hydrogen-bond donors (Lipinski definition) is 1. The highest BCUT2D eigenvalue weighted by Gasteiger charge is 2.30. The van der Waals surface area contributed by atoms with E-state index in [9.17, 15) is 4.79 Å². The van der Waals surface area contributed by atoms with Gasteiger partial charge in [-0.3, -0.25) is 4.90 Å². The number of benzene rings is 1. The molecule has 0 radical (unpaired) electrons. The van der Waals surface area contributed by atoms with Gasteiger partial charge in [0.2, 0.25) is 0 Å². The average Bonchev–Trinajstić information content (AvgIpc) is 3.05. The Morgan fingerprint density at radius 3 is 3.00 bits per heavy atom. The number of para-hydroxylation sites is 1. The lowest BCUT2D eigenvalue weighted by atomic mass is 10.0. The van der Waals surface area contributed by atoms with Crippen molar-refractivity contribution in [2.45, 2.75) is 12.6 Å². The molecular weight excluding hydrogens is 262 g/mol. The maximum atomic E-state index is 11.0. The lowest BCUT2D eigenvalue weighted by Crippen LogP contribution is -2.38. The molecule has 3 rings (SSSR count). The zero-order valence-corrected chi connectivity index (χ0v) is 11.2. The molecular formula is C14H13NO3S. The Morgan fingerprint density at radius 2 is 2.32 bits per heavy atom. The van der Waals surface area contributed by atoms with E-state index in [0.29, 0.717) is 6.42 Å². The van der Waals surface area contributed by atoms with Crippen molar-refractivity contribution >= 4 is 17.4 Å². The van der Waals surface area contributed by atoms with Gasteiger partial charge < -0.3 is 9.84 Å². The molecule has 0 spiro atoms. The fraction of sp³-hybridized carbons (Fsp3) is 0.214. The topological polar surface area (TPSA) is 49.8 Å². The summed E-state index contributed by atoms with van der Waals surface area (Å²) in [5, 5.41) is 13.1. The van der Waals surface area contributed by atoms with Gasteiger partial charge in [0, 0.05) is 24.6 Å². The number of rotatable bonds is 2. The molecule has 4 nitrogen and oxygen atoms in total. The van der Waals surface area contributed by atoms with Crippen LogP contribution in [0.25, 0.3) is 11.1 Å². The minimum Gasteiger partial charge on any atom is -0.469 e. The summed E-state index contributed by atoms with van der Waals surface area (Å²) in [6.45, 7) is 0. The van der Waals surface area contributed by atoms with E-state index in [4.69, 9.17) is 9.84 Å². The maximum absolute atomic E-state index is 11.0. The molecule has 0 aliphatic carbocycles. The number of ether oxygens (including phenoxy) is 1. The van der Waals surface area contributed by atoms with E-state index in [1.807, 2.05) is 29.6 Å². The van der Waals surface area contributed by atoms with Gasteiger partial charge >= 0.3 is 6.09 Å². The first-order chi connectivity index (χ1) is 9.16. The number of fused-ring (bicyclic) bond motifs is 1. The van der Waals surface area contributed by atoms with E-state index in [0.717, 1.165) is 22.4 Å². The predicted molar refractivity (Wildman–Crippen MR) is 73.7 cm³/mol. The van der Waals surface area contributed by atoms with Crippen molar-refractivity contribution in [1.29, 1.82) is 0 Å². The van der Waals surface area contributed by atoms with Crippen LogP contribution in [0.15, 0.2) is 35.0 Å². The van der Waals surface area contributed by atoms with E-state index in [2.05, 4.69) is 5.38 Å². The van der Waals surface area contributed by atoms with Crippen molar-refractivity contribution in [2.75, 3.05) is 7.05 Å². The van der Waals surface area contributed by atoms with Crippen molar-refractivity contribution in [3.63, 3.8) is 0 Å². The SMILES string of the molecule is CN(C(=O)O)C1Cc2cccc(-c3ccsc3)c2O1. The minimum absolute atomic E-state index is 0.438. The van der Waals surface area contributed by atoms with Crippen LogP contribution in [0.5, 0.6) is 5.75 Å². The molecule has 0 saturated heterocycles. The van der Waals surface area contributed by atoms with Gasteiger partial charge in [0.05, 0.1) is 0 Å². The average molecular weight is 275 g/mol. The number of amides is 1. The van der Waals surface area contributed by atoms with Crippen molar-refractivity contribution in [3.05, 3.63) is 40.6 Å². The van der Waals surface area contributed by atoms with E-state index >= 15 is 0 Å². The Kier molecular flexibility index (Phi) is 2.91. The molecule has 1 N–H and O–H groups in total. The molecule has 1 aromatic heterocycles. The summed E-state index contributed by atoms with van der Waals surface area (Å²) < 4.78 is 5.83. The first-order valence-corrected chi connectivity index (χ1v) is 6.88. The van der Waals surface area contributed by atoms with Crippen LogP contribution in [-0.2, 0) is 6.42 Å². The molecule has 1 atom stereocenters. The molecule has 1 aromatic carbocycles. The van der Waals surface area contributed by atoms with Crippen LogP contribution in [0.4, 0.5) is 4.79 Å². The first kappa shape index (κ1) is 12.0. The Morgan fingerprint density at radius 1 is 1.47 bits per heavy atom. The highest BCUT2D eigenvalue weighted by Crippen LogP contribution is 2.39. The van der Waals surface area contributed by atoms with Gasteiger partial charge in [-0.15, -0.1) is 0 Å². The van der Waals surface area contributed by atoms with Crippen molar-refractivity contribution in [3.8, 4) is 16.9 Å². The summed E-state index contributed by atoms with van der Waals surface area (Å²) in [6, 6.07) is 8.02. The van der Waals surface area contributed by atoms with E-state index in [-0.39, 0.29) is 0 Å². The lowest BCUT2D eigenvalue weighted by molar-refractivity contribution is 0.0610. The van der Waals surface area contributed by atoms with Gasteiger partial charge in [0.1, 0.15) is 5.75 Å². The predicted octanol–water partition coefficient (Wildman–Crippen LogP) is 3.29. The van der Waals surface area contributed by atoms with Gasteiger partial charge in [-0.1, -0.05) is 18.2 Å². The summed E-state index contributed by atoms with van der Waals surface area (Å²) in [4.78, 5) is 12.2. The van der Waals surface area contributed by atoms with Crippen LogP contribution >= 0.6 is 11.3 Å². The molecule has 19 heavy (non-hydrogen) atoms. The molecule has 98 valence electrons. The van der Waals surface area contributed by atoms with Crippen LogP contribution in [0.1, 0.15) is 5.56 Å². The summed E-state index contributed by atoms with van der Waals surface area (Å²) in [6.07, 6.45) is -0.821. The maximum Gasteiger partial charge on any atom is 0.409 e. The number of carboxylic acid groups (broad SMARTS) is 1. The molecule has 2 aromatic rings. The summed E-state index contributed by atoms with van der Waals surface area (Å²) >= 11 is 1.63. The van der Waals surface area contributed by atoms with Crippen LogP contribution in [0, 0.1) is 0 Å². The Labute approximate surface area is 114 Å². The van der Waals surface area contributed by atoms with Gasteiger partial charge in [0.25, 0.3) is 0 Å². The van der Waals surface area contributed by atoms with Crippen molar-refractivity contribution in [2.24, 2.45) is 0 Å². The summed E-state index contributed by atoms with van der Waals surface area (Å²) in [5.74, 6) is 0.805. The Bertz CT molecular complexity index is 609. The molecule has 1 amide bonds. The molecule has 1 aliphatic heterocycles. The minimum atomic E-state index is -0.977. The zero-order chi connectivity index (χ0) is 13.4. The van der Waals surface area contributed by atoms with E-state index < -0.39 is 12.3 Å². The second-order valence-corrected chi connectivity index (χ2v) is 5.26. The molecule has 0 saturated carbocycles. The fourth-order valence-electron chi connectivity index (χ4n) is 2.23. The molecule has 2 heterocycles. The normalized spacial score (nSPS) is 16.8. The van der Waals surface area contributed by atoms with Crippen LogP contribution in [0.3, 0.4) is 0 Å². The third-order valence-electron chi connectivity index (χ3n) is 3.31. The third kappa shape index (κ3) is 2.06. The summed E-state index contributed by atoms with van der Waals surface area (Å²) in [7, 11) is 1.53. The number of carbonyl (C=O) groups is 1. The number of nitrogens with zero attached hydrogens (tertiary/aromatic N) is 1. The fourth-order valence-corrected chi connectivity index (χ4v) is 2.89. The number of likely N-dealkylation sites (N-methyl/N-ethyl adjacent to an activating group) is 1. The quantitative estimate of drug-likeness (QED) is 0.915. The monoisotopic (exact) mass is 275 g/mol. The Balaban J connectivity index is 1.96. The third-order valence-corrected chi connectivity index (χ3v) is 3.99. The molecule has 5 heteroatoms. The van der Waals surface area contributed by atoms with Crippen LogP contribution in [-0.4, -0.2) is 29.4 Å². The van der Waals surface area contributed by atoms with Crippen molar-refractivity contribution < 1.29 is 14.6 Å². The second kappa shape index (κ2) is 4.59. The smallest absolute Gasteiger partial charge is 0.409 e. The molecule has 0 bridgehead atoms. The highest BCUT2D eigenvalue weighted by atomic mass is 32.1. The number of thiophene rings is 1. The van der Waals surface area contributed by atoms with Gasteiger partial charge in [-0.25, -0.2) is 4.79 Å². The largest absolute Gasteiger partial charge is 0.469 e. The van der Waals surface area contributed by atoms with Gasteiger partial charge in [0.15, 0.2) is 6.23 Å². The number of hydrogen-bond acceptors (Lipinski definition) is 3. The molecule has 1 unspecified atom stereocenters. The van der Waals surface area contributed by atoms with Crippen molar-refractivity contribution in [1.82, 2.24) is 4.90 Å². The zero-order valence-electron chi connectivity index (χ0n) is 10.4. The Hall–Kier alpha value is -2.01. The van der Waals surface area contributed by atoms with Crippen LogP contribution in [0.2, 0.25) is 0 Å². The molecule has 0 fully saturated rings. The van der Waals surface area contributed by atoms with E-state index in [1.54, 1.807) is 11.3 Å². The second-order valence-electron chi connectivity index (χ2n) is 4.48. The first-order valence-electron chi connectivity index (χ1n) is 5.93. The standard InChI is InChI=1S/C14H13NO3S/c1-15(14(16)17)12-7-9-3-2-4-11(13(9)18-12)10-5-6-19-8-10/h2-6,8,12H,7H2,1H3,(H,16,17). The van der Waals surface area contributed by atoms with Crippen LogP contribution < -0.4 is 4.74 Å². The highest BCUT2D eigenvalue weighted by molar-refractivity contribution is 7.08. The van der Waals surface area contributed by atoms with Gasteiger partial charge in [-0.2, -0.15) is 11.3 Å². The lowest BCUT2D eigenvalue weighted by Gasteiger charge is -2.20. The summed E-state index contributed by atoms with van der Waals surface area (Å²) in [5.41, 5.74) is 3.20.